The van der Waals surface area contributed by atoms with E-state index in [9.17, 15) is 0 Å². The molecule has 1 aromatic heterocycles. The summed E-state index contributed by atoms with van der Waals surface area (Å²) in [5.74, 6) is 0. The van der Waals surface area contributed by atoms with E-state index < -0.39 is 0 Å². The van der Waals surface area contributed by atoms with Crippen molar-refractivity contribution >= 4 is 11.6 Å². The number of hydrogen-bond acceptors (Lipinski definition) is 3. The van der Waals surface area contributed by atoms with Crippen molar-refractivity contribution in [3.05, 3.63) is 16.9 Å². The maximum atomic E-state index is 6.14. The van der Waals surface area contributed by atoms with E-state index in [-0.39, 0.29) is 18.2 Å². The van der Waals surface area contributed by atoms with Crippen molar-refractivity contribution in [3.8, 4) is 0 Å². The molecule has 5 heteroatoms. The Bertz CT molecular complexity index is 338. The Hall–Kier alpha value is -0.580. The average molecular weight is 246 g/mol. The summed E-state index contributed by atoms with van der Waals surface area (Å²) < 4.78 is 7.34. The van der Waals surface area contributed by atoms with Crippen LogP contribution >= 0.6 is 11.6 Å². The molecule has 0 saturated carbocycles. The first-order chi connectivity index (χ1) is 7.49. The Balaban J connectivity index is 2.97. The van der Waals surface area contributed by atoms with E-state index in [0.717, 1.165) is 5.69 Å². The van der Waals surface area contributed by atoms with Crippen molar-refractivity contribution in [1.82, 2.24) is 9.78 Å². The molecule has 0 spiro atoms. The molecule has 0 aromatic carbocycles. The number of ether oxygens (including phenoxy) is 1. The SMILES string of the molecule is CCOC(C)C(N)c1c(Cl)cnn1C(C)C. The van der Waals surface area contributed by atoms with E-state index in [1.165, 1.54) is 0 Å². The summed E-state index contributed by atoms with van der Waals surface area (Å²) in [7, 11) is 0. The standard InChI is InChI=1S/C11H20ClN3O/c1-5-16-8(4)10(13)11-9(12)6-14-15(11)7(2)3/h6-8,10H,5,13H2,1-4H3. The largest absolute Gasteiger partial charge is 0.377 e. The number of rotatable bonds is 5. The summed E-state index contributed by atoms with van der Waals surface area (Å²) in [4.78, 5) is 0. The first-order valence-corrected chi connectivity index (χ1v) is 5.96. The summed E-state index contributed by atoms with van der Waals surface area (Å²) in [5.41, 5.74) is 6.98. The quantitative estimate of drug-likeness (QED) is 0.868. The van der Waals surface area contributed by atoms with Gasteiger partial charge in [0.15, 0.2) is 0 Å². The van der Waals surface area contributed by atoms with Crippen molar-refractivity contribution < 1.29 is 4.74 Å². The minimum Gasteiger partial charge on any atom is -0.377 e. The molecular formula is C11H20ClN3O. The third kappa shape index (κ3) is 2.75. The fourth-order valence-corrected chi connectivity index (χ4v) is 1.92. The highest BCUT2D eigenvalue weighted by Crippen LogP contribution is 2.26. The minimum atomic E-state index is -0.252. The third-order valence-corrected chi connectivity index (χ3v) is 2.82. The van der Waals surface area contributed by atoms with Crippen LogP contribution in [0.4, 0.5) is 0 Å². The summed E-state index contributed by atoms with van der Waals surface area (Å²) in [5, 5.41) is 4.83. The first kappa shape index (κ1) is 13.5. The molecule has 0 saturated heterocycles. The molecule has 0 fully saturated rings. The predicted molar refractivity (Wildman–Crippen MR) is 65.6 cm³/mol. The highest BCUT2D eigenvalue weighted by atomic mass is 35.5. The zero-order chi connectivity index (χ0) is 12.3. The Morgan fingerprint density at radius 3 is 2.62 bits per heavy atom. The van der Waals surface area contributed by atoms with Gasteiger partial charge in [0.2, 0.25) is 0 Å². The average Bonchev–Trinajstić information content (AvgIpc) is 2.59. The highest BCUT2D eigenvalue weighted by Gasteiger charge is 2.23. The van der Waals surface area contributed by atoms with E-state index in [2.05, 4.69) is 5.10 Å². The smallest absolute Gasteiger partial charge is 0.0835 e. The van der Waals surface area contributed by atoms with Crippen LogP contribution in [-0.4, -0.2) is 22.5 Å². The van der Waals surface area contributed by atoms with Crippen LogP contribution in [0, 0.1) is 0 Å². The van der Waals surface area contributed by atoms with E-state index in [1.807, 2.05) is 32.4 Å². The lowest BCUT2D eigenvalue weighted by molar-refractivity contribution is 0.0551. The molecule has 1 aromatic rings. The maximum Gasteiger partial charge on any atom is 0.0835 e. The topological polar surface area (TPSA) is 53.1 Å². The van der Waals surface area contributed by atoms with Gasteiger partial charge >= 0.3 is 0 Å². The van der Waals surface area contributed by atoms with Crippen molar-refractivity contribution in [2.45, 2.75) is 45.9 Å². The van der Waals surface area contributed by atoms with Gasteiger partial charge in [0.1, 0.15) is 0 Å². The fourth-order valence-electron chi connectivity index (χ4n) is 1.66. The first-order valence-electron chi connectivity index (χ1n) is 5.59. The van der Waals surface area contributed by atoms with E-state index >= 15 is 0 Å². The predicted octanol–water partition coefficient (Wildman–Crippen LogP) is 2.54. The molecule has 0 aliphatic rings. The van der Waals surface area contributed by atoms with Crippen LogP contribution < -0.4 is 5.73 Å². The lowest BCUT2D eigenvalue weighted by Gasteiger charge is -2.22. The third-order valence-electron chi connectivity index (χ3n) is 2.53. The zero-order valence-electron chi connectivity index (χ0n) is 10.3. The van der Waals surface area contributed by atoms with Crippen LogP contribution in [0.1, 0.15) is 45.5 Å². The van der Waals surface area contributed by atoms with Gasteiger partial charge in [0.25, 0.3) is 0 Å². The van der Waals surface area contributed by atoms with Gasteiger partial charge in [-0.1, -0.05) is 11.6 Å². The molecular weight excluding hydrogens is 226 g/mol. The second-order valence-corrected chi connectivity index (χ2v) is 4.51. The Labute approximate surface area is 102 Å². The summed E-state index contributed by atoms with van der Waals surface area (Å²) >= 11 is 6.11. The van der Waals surface area contributed by atoms with E-state index in [0.29, 0.717) is 11.6 Å². The normalized spacial score (nSPS) is 15.4. The van der Waals surface area contributed by atoms with Gasteiger partial charge in [-0.15, -0.1) is 0 Å². The second kappa shape index (κ2) is 5.66. The molecule has 0 amide bonds. The van der Waals surface area contributed by atoms with Gasteiger partial charge in [-0.05, 0) is 27.7 Å². The molecule has 2 atom stereocenters. The van der Waals surface area contributed by atoms with Crippen LogP contribution in [0.25, 0.3) is 0 Å². The van der Waals surface area contributed by atoms with Gasteiger partial charge in [0.05, 0.1) is 29.1 Å². The molecule has 0 aliphatic heterocycles. The summed E-state index contributed by atoms with van der Waals surface area (Å²) in [6.45, 7) is 8.63. The van der Waals surface area contributed by atoms with E-state index in [1.54, 1.807) is 6.20 Å². The summed E-state index contributed by atoms with van der Waals surface area (Å²) in [6, 6.07) is -0.0141. The van der Waals surface area contributed by atoms with Crippen molar-refractivity contribution in [2.75, 3.05) is 6.61 Å². The van der Waals surface area contributed by atoms with Crippen LogP contribution in [0.5, 0.6) is 0 Å². The molecule has 0 radical (unpaired) electrons. The molecule has 0 bridgehead atoms. The van der Waals surface area contributed by atoms with Gasteiger partial charge in [-0.2, -0.15) is 5.10 Å². The number of halogens is 1. The lowest BCUT2D eigenvalue weighted by atomic mass is 10.1. The van der Waals surface area contributed by atoms with Crippen LogP contribution in [-0.2, 0) is 4.74 Å². The molecule has 2 N–H and O–H groups in total. The molecule has 92 valence electrons. The van der Waals surface area contributed by atoms with Gasteiger partial charge in [0, 0.05) is 12.6 Å². The van der Waals surface area contributed by atoms with Gasteiger partial charge in [-0.25, -0.2) is 0 Å². The molecule has 2 unspecified atom stereocenters. The number of nitrogens with two attached hydrogens (primary N) is 1. The van der Waals surface area contributed by atoms with E-state index in [4.69, 9.17) is 22.1 Å². The van der Waals surface area contributed by atoms with Crippen molar-refractivity contribution in [1.29, 1.82) is 0 Å². The summed E-state index contributed by atoms with van der Waals surface area (Å²) in [6.07, 6.45) is 1.56. The Kier molecular flexibility index (Phi) is 4.77. The van der Waals surface area contributed by atoms with Gasteiger partial charge in [-0.3, -0.25) is 4.68 Å². The van der Waals surface area contributed by atoms with Crippen LogP contribution in [0.2, 0.25) is 5.02 Å². The molecule has 1 heterocycles. The molecule has 1 rings (SSSR count). The second-order valence-electron chi connectivity index (χ2n) is 4.10. The maximum absolute atomic E-state index is 6.14. The zero-order valence-corrected chi connectivity index (χ0v) is 11.0. The number of hydrogen-bond donors (Lipinski definition) is 1. The Morgan fingerprint density at radius 1 is 1.50 bits per heavy atom. The molecule has 16 heavy (non-hydrogen) atoms. The highest BCUT2D eigenvalue weighted by molar-refractivity contribution is 6.31. The number of nitrogens with zero attached hydrogens (tertiary/aromatic N) is 2. The Morgan fingerprint density at radius 2 is 2.12 bits per heavy atom. The van der Waals surface area contributed by atoms with Crippen molar-refractivity contribution in [3.63, 3.8) is 0 Å². The number of aromatic nitrogens is 2. The lowest BCUT2D eigenvalue weighted by Crippen LogP contribution is -2.29. The van der Waals surface area contributed by atoms with Crippen LogP contribution in [0.3, 0.4) is 0 Å². The molecule has 4 nitrogen and oxygen atoms in total. The van der Waals surface area contributed by atoms with Crippen molar-refractivity contribution in [2.24, 2.45) is 5.73 Å². The van der Waals surface area contributed by atoms with Gasteiger partial charge < -0.3 is 10.5 Å². The fraction of sp³-hybridized carbons (Fsp3) is 0.727. The monoisotopic (exact) mass is 245 g/mol. The minimum absolute atomic E-state index is 0.0725. The van der Waals surface area contributed by atoms with Crippen LogP contribution in [0.15, 0.2) is 6.20 Å². The molecule has 0 aliphatic carbocycles.